The quantitative estimate of drug-likeness (QED) is 0.651. The summed E-state index contributed by atoms with van der Waals surface area (Å²) in [5.41, 5.74) is 6.19. The average Bonchev–Trinajstić information content (AvgIpc) is 2.34. The molecule has 0 aliphatic rings. The number of hydrogen-bond acceptors (Lipinski definition) is 5. The predicted octanol–water partition coefficient (Wildman–Crippen LogP) is 1.24. The van der Waals surface area contributed by atoms with Crippen molar-refractivity contribution in [3.63, 3.8) is 0 Å². The summed E-state index contributed by atoms with van der Waals surface area (Å²) in [6.07, 6.45) is -0.107. The van der Waals surface area contributed by atoms with Crippen LogP contribution < -0.4 is 5.73 Å². The smallest absolute Gasteiger partial charge is 0.323 e. The SMILES string of the molecule is CN(C)C(=O)C[C@H](N)C(=O)OCc1cc(Cl)nc(Cl)c1. The van der Waals surface area contributed by atoms with Crippen molar-refractivity contribution in [3.8, 4) is 0 Å². The minimum Gasteiger partial charge on any atom is -0.460 e. The van der Waals surface area contributed by atoms with E-state index in [9.17, 15) is 9.59 Å². The second kappa shape index (κ2) is 7.42. The van der Waals surface area contributed by atoms with Crippen LogP contribution in [0.15, 0.2) is 12.1 Å². The van der Waals surface area contributed by atoms with Crippen LogP contribution in [0.3, 0.4) is 0 Å². The lowest BCUT2D eigenvalue weighted by atomic mass is 10.2. The highest BCUT2D eigenvalue weighted by molar-refractivity contribution is 6.32. The van der Waals surface area contributed by atoms with Crippen LogP contribution in [-0.4, -0.2) is 41.9 Å². The monoisotopic (exact) mass is 319 g/mol. The Morgan fingerprint density at radius 2 is 1.90 bits per heavy atom. The fourth-order valence-electron chi connectivity index (χ4n) is 1.31. The van der Waals surface area contributed by atoms with Crippen molar-refractivity contribution in [1.29, 1.82) is 0 Å². The molecule has 0 unspecified atom stereocenters. The van der Waals surface area contributed by atoms with Crippen molar-refractivity contribution in [2.75, 3.05) is 14.1 Å². The molecule has 1 aromatic heterocycles. The molecule has 1 amide bonds. The van der Waals surface area contributed by atoms with E-state index in [2.05, 4.69) is 4.98 Å². The summed E-state index contributed by atoms with van der Waals surface area (Å²) < 4.78 is 5.00. The zero-order valence-corrected chi connectivity index (χ0v) is 12.6. The molecule has 0 spiro atoms. The summed E-state index contributed by atoms with van der Waals surface area (Å²) in [7, 11) is 3.17. The van der Waals surface area contributed by atoms with Crippen LogP contribution in [0.25, 0.3) is 0 Å². The van der Waals surface area contributed by atoms with Crippen LogP contribution in [0, 0.1) is 0 Å². The number of rotatable bonds is 5. The van der Waals surface area contributed by atoms with Gasteiger partial charge in [0.1, 0.15) is 23.0 Å². The molecule has 6 nitrogen and oxygen atoms in total. The Balaban J connectivity index is 2.52. The van der Waals surface area contributed by atoms with E-state index in [1.807, 2.05) is 0 Å². The summed E-state index contributed by atoms with van der Waals surface area (Å²) in [6.45, 7) is -0.0371. The predicted molar refractivity (Wildman–Crippen MR) is 75.3 cm³/mol. The number of carbonyl (C=O) groups is 2. The van der Waals surface area contributed by atoms with Crippen LogP contribution >= 0.6 is 23.2 Å². The van der Waals surface area contributed by atoms with Crippen LogP contribution in [0.2, 0.25) is 10.3 Å². The van der Waals surface area contributed by atoms with Gasteiger partial charge in [-0.25, -0.2) is 4.98 Å². The molecule has 0 aromatic carbocycles. The third-order valence-electron chi connectivity index (χ3n) is 2.40. The van der Waals surface area contributed by atoms with E-state index in [-0.39, 0.29) is 29.2 Å². The highest BCUT2D eigenvalue weighted by Crippen LogP contribution is 2.15. The van der Waals surface area contributed by atoms with Gasteiger partial charge in [0.25, 0.3) is 0 Å². The van der Waals surface area contributed by atoms with Gasteiger partial charge in [-0.1, -0.05) is 23.2 Å². The van der Waals surface area contributed by atoms with Crippen LogP contribution in [0.4, 0.5) is 0 Å². The average molecular weight is 320 g/mol. The number of halogens is 2. The van der Waals surface area contributed by atoms with Crippen molar-refractivity contribution >= 4 is 35.1 Å². The van der Waals surface area contributed by atoms with Gasteiger partial charge in [-0.2, -0.15) is 0 Å². The van der Waals surface area contributed by atoms with E-state index in [4.69, 9.17) is 33.7 Å². The Morgan fingerprint density at radius 3 is 2.40 bits per heavy atom. The number of nitrogens with zero attached hydrogens (tertiary/aromatic N) is 2. The molecule has 0 radical (unpaired) electrons. The lowest BCUT2D eigenvalue weighted by molar-refractivity contribution is -0.148. The Bertz CT molecular complexity index is 488. The summed E-state index contributed by atoms with van der Waals surface area (Å²) in [4.78, 5) is 28.2. The summed E-state index contributed by atoms with van der Waals surface area (Å²) >= 11 is 11.4. The summed E-state index contributed by atoms with van der Waals surface area (Å²) in [5, 5.41) is 0.409. The Labute approximate surface area is 126 Å². The van der Waals surface area contributed by atoms with E-state index in [1.165, 1.54) is 17.0 Å². The Hall–Kier alpha value is -1.37. The highest BCUT2D eigenvalue weighted by Gasteiger charge is 2.20. The molecule has 0 saturated carbocycles. The van der Waals surface area contributed by atoms with Gasteiger partial charge in [0, 0.05) is 14.1 Å². The lowest BCUT2D eigenvalue weighted by Crippen LogP contribution is -2.37. The van der Waals surface area contributed by atoms with E-state index in [1.54, 1.807) is 14.1 Å². The van der Waals surface area contributed by atoms with Gasteiger partial charge in [-0.05, 0) is 17.7 Å². The third kappa shape index (κ3) is 5.32. The first kappa shape index (κ1) is 16.7. The summed E-state index contributed by atoms with van der Waals surface area (Å²) in [5.74, 6) is -0.909. The molecule has 8 heteroatoms. The number of ether oxygens (including phenoxy) is 1. The van der Waals surface area contributed by atoms with Crippen LogP contribution in [0.1, 0.15) is 12.0 Å². The first-order chi connectivity index (χ1) is 9.29. The maximum absolute atomic E-state index is 11.6. The maximum Gasteiger partial charge on any atom is 0.323 e. The molecule has 0 bridgehead atoms. The Morgan fingerprint density at radius 1 is 1.35 bits per heavy atom. The zero-order chi connectivity index (χ0) is 15.3. The van der Waals surface area contributed by atoms with Crippen molar-refractivity contribution in [1.82, 2.24) is 9.88 Å². The molecular weight excluding hydrogens is 305 g/mol. The number of nitrogens with two attached hydrogens (primary N) is 1. The van der Waals surface area contributed by atoms with E-state index in [0.29, 0.717) is 5.56 Å². The van der Waals surface area contributed by atoms with Crippen molar-refractivity contribution in [3.05, 3.63) is 28.0 Å². The number of carbonyl (C=O) groups excluding carboxylic acids is 2. The first-order valence-corrected chi connectivity index (χ1v) is 6.49. The Kier molecular flexibility index (Phi) is 6.19. The molecule has 20 heavy (non-hydrogen) atoms. The molecule has 1 atom stereocenters. The van der Waals surface area contributed by atoms with Gasteiger partial charge in [-0.3, -0.25) is 9.59 Å². The van der Waals surface area contributed by atoms with Crippen molar-refractivity contribution < 1.29 is 14.3 Å². The normalized spacial score (nSPS) is 11.8. The van der Waals surface area contributed by atoms with Crippen molar-refractivity contribution in [2.45, 2.75) is 19.1 Å². The number of hydrogen-bond donors (Lipinski definition) is 1. The minimum atomic E-state index is -1.00. The fourth-order valence-corrected chi connectivity index (χ4v) is 1.82. The molecule has 0 aliphatic carbocycles. The molecule has 110 valence electrons. The lowest BCUT2D eigenvalue weighted by Gasteiger charge is -2.14. The van der Waals surface area contributed by atoms with Gasteiger partial charge in [0.2, 0.25) is 5.91 Å². The number of esters is 1. The van der Waals surface area contributed by atoms with Gasteiger partial charge in [0.15, 0.2) is 0 Å². The molecule has 1 aromatic rings. The van der Waals surface area contributed by atoms with Crippen LogP contribution in [-0.2, 0) is 20.9 Å². The van der Waals surface area contributed by atoms with Crippen LogP contribution in [0.5, 0.6) is 0 Å². The summed E-state index contributed by atoms with van der Waals surface area (Å²) in [6, 6.07) is 2.05. The second-order valence-electron chi connectivity index (χ2n) is 4.33. The third-order valence-corrected chi connectivity index (χ3v) is 2.79. The first-order valence-electron chi connectivity index (χ1n) is 5.74. The molecule has 2 N–H and O–H groups in total. The standard InChI is InChI=1S/C12H15Cl2N3O3/c1-17(2)11(18)5-8(15)12(19)20-6-7-3-9(13)16-10(14)4-7/h3-4,8H,5-6,15H2,1-2H3/t8-/m0/s1. The van der Waals surface area contributed by atoms with Crippen molar-refractivity contribution in [2.24, 2.45) is 5.73 Å². The van der Waals surface area contributed by atoms with Gasteiger partial charge < -0.3 is 15.4 Å². The van der Waals surface area contributed by atoms with E-state index in [0.717, 1.165) is 0 Å². The molecule has 1 rings (SSSR count). The second-order valence-corrected chi connectivity index (χ2v) is 5.10. The molecule has 0 fully saturated rings. The van der Waals surface area contributed by atoms with E-state index < -0.39 is 12.0 Å². The number of aromatic nitrogens is 1. The maximum atomic E-state index is 11.6. The highest BCUT2D eigenvalue weighted by atomic mass is 35.5. The fraction of sp³-hybridized carbons (Fsp3) is 0.417. The molecule has 0 aliphatic heterocycles. The number of amides is 1. The van der Waals surface area contributed by atoms with E-state index >= 15 is 0 Å². The van der Waals surface area contributed by atoms with Gasteiger partial charge >= 0.3 is 5.97 Å². The van der Waals surface area contributed by atoms with Gasteiger partial charge in [0.05, 0.1) is 6.42 Å². The molecule has 1 heterocycles. The molecule has 0 saturated heterocycles. The number of pyridine rings is 1. The minimum absolute atomic E-state index is 0.0371. The van der Waals surface area contributed by atoms with Gasteiger partial charge in [-0.15, -0.1) is 0 Å². The topological polar surface area (TPSA) is 85.5 Å². The zero-order valence-electron chi connectivity index (χ0n) is 11.1. The largest absolute Gasteiger partial charge is 0.460 e. The molecular formula is C12H15Cl2N3O3.